The molecule has 2 N–H and O–H groups in total. The van der Waals surface area contributed by atoms with E-state index in [1.54, 1.807) is 12.1 Å². The smallest absolute Gasteiger partial charge is 0.407 e. The van der Waals surface area contributed by atoms with Gasteiger partial charge >= 0.3 is 6.09 Å². The maximum Gasteiger partial charge on any atom is 0.407 e. The molecule has 0 radical (unpaired) electrons. The molecule has 0 bridgehead atoms. The highest BCUT2D eigenvalue weighted by Gasteiger charge is 2.31. The first-order valence-electron chi connectivity index (χ1n) is 5.83. The van der Waals surface area contributed by atoms with Gasteiger partial charge in [0.2, 0.25) is 0 Å². The number of anilines is 1. The van der Waals surface area contributed by atoms with Crippen LogP contribution in [0.2, 0.25) is 5.15 Å². The Balaban J connectivity index is 2.04. The molecule has 1 saturated heterocycles. The van der Waals surface area contributed by atoms with Gasteiger partial charge in [0.05, 0.1) is 6.04 Å². The molecular weight excluding hydrogens is 256 g/mol. The van der Waals surface area contributed by atoms with Gasteiger partial charge in [0.1, 0.15) is 5.82 Å². The zero-order chi connectivity index (χ0) is 13.1. The second kappa shape index (κ2) is 5.39. The van der Waals surface area contributed by atoms with Crippen molar-refractivity contribution in [3.8, 4) is 0 Å². The standard InChI is InChI=1S/C11H15ClN4O2/c1-7-8(3-2-6-16(7)11(17)18)13-10-5-4-9(12)14-15-10/h4-5,7-8H,2-3,6H2,1H3,(H,13,15)(H,17,18)/t7-,8-/m1/s1. The Morgan fingerprint density at radius 1 is 1.56 bits per heavy atom. The third-order valence-corrected chi connectivity index (χ3v) is 3.40. The molecule has 1 fully saturated rings. The van der Waals surface area contributed by atoms with Crippen LogP contribution in [0.1, 0.15) is 19.8 Å². The molecule has 1 aliphatic heterocycles. The van der Waals surface area contributed by atoms with E-state index in [1.807, 2.05) is 6.92 Å². The van der Waals surface area contributed by atoms with Crippen molar-refractivity contribution in [2.45, 2.75) is 31.8 Å². The molecule has 1 aliphatic rings. The van der Waals surface area contributed by atoms with Crippen LogP contribution in [0.4, 0.5) is 10.6 Å². The molecule has 98 valence electrons. The van der Waals surface area contributed by atoms with Crippen molar-refractivity contribution < 1.29 is 9.90 Å². The lowest BCUT2D eigenvalue weighted by atomic mass is 9.98. The second-order valence-electron chi connectivity index (χ2n) is 4.35. The van der Waals surface area contributed by atoms with E-state index < -0.39 is 6.09 Å². The summed E-state index contributed by atoms with van der Waals surface area (Å²) in [5.41, 5.74) is 0. The summed E-state index contributed by atoms with van der Waals surface area (Å²) in [5, 5.41) is 20.3. The molecule has 0 aliphatic carbocycles. The molecule has 1 aromatic heterocycles. The van der Waals surface area contributed by atoms with Crippen molar-refractivity contribution in [3.05, 3.63) is 17.3 Å². The molecule has 2 rings (SSSR count). The Bertz CT molecular complexity index is 426. The number of carboxylic acid groups (broad SMARTS) is 1. The predicted molar refractivity (Wildman–Crippen MR) is 67.9 cm³/mol. The summed E-state index contributed by atoms with van der Waals surface area (Å²) in [6.07, 6.45) is 0.876. The van der Waals surface area contributed by atoms with Gasteiger partial charge in [-0.2, -0.15) is 0 Å². The van der Waals surface area contributed by atoms with Gasteiger partial charge in [0.15, 0.2) is 5.15 Å². The molecule has 0 unspecified atom stereocenters. The van der Waals surface area contributed by atoms with Crippen LogP contribution in [0.25, 0.3) is 0 Å². The molecule has 0 spiro atoms. The van der Waals surface area contributed by atoms with Crippen LogP contribution in [-0.4, -0.2) is 44.9 Å². The SMILES string of the molecule is C[C@@H]1[C@H](Nc2ccc(Cl)nn2)CCCN1C(=O)O. The third-order valence-electron chi connectivity index (χ3n) is 3.20. The van der Waals surface area contributed by atoms with Crippen LogP contribution in [0.15, 0.2) is 12.1 Å². The fraction of sp³-hybridized carbons (Fsp3) is 0.545. The van der Waals surface area contributed by atoms with Gasteiger partial charge in [0.25, 0.3) is 0 Å². The van der Waals surface area contributed by atoms with E-state index in [0.29, 0.717) is 17.5 Å². The van der Waals surface area contributed by atoms with Crippen molar-refractivity contribution in [1.29, 1.82) is 0 Å². The number of hydrogen-bond donors (Lipinski definition) is 2. The first-order chi connectivity index (χ1) is 8.58. The molecule has 18 heavy (non-hydrogen) atoms. The topological polar surface area (TPSA) is 78.4 Å². The normalized spacial score (nSPS) is 23.8. The Morgan fingerprint density at radius 3 is 2.94 bits per heavy atom. The van der Waals surface area contributed by atoms with E-state index in [1.165, 1.54) is 4.90 Å². The molecular formula is C11H15ClN4O2. The summed E-state index contributed by atoms with van der Waals surface area (Å²) < 4.78 is 0. The lowest BCUT2D eigenvalue weighted by molar-refractivity contribution is 0.107. The number of aromatic nitrogens is 2. The highest BCUT2D eigenvalue weighted by molar-refractivity contribution is 6.29. The van der Waals surface area contributed by atoms with Gasteiger partial charge in [-0.15, -0.1) is 10.2 Å². The maximum atomic E-state index is 11.1. The molecule has 6 nitrogen and oxygen atoms in total. The van der Waals surface area contributed by atoms with Crippen LogP contribution in [0.5, 0.6) is 0 Å². The van der Waals surface area contributed by atoms with Crippen LogP contribution in [-0.2, 0) is 0 Å². The summed E-state index contributed by atoms with van der Waals surface area (Å²) in [4.78, 5) is 12.5. The summed E-state index contributed by atoms with van der Waals surface area (Å²) in [6.45, 7) is 2.48. The largest absolute Gasteiger partial charge is 0.465 e. The zero-order valence-electron chi connectivity index (χ0n) is 10.0. The molecule has 7 heteroatoms. The van der Waals surface area contributed by atoms with Crippen LogP contribution in [0.3, 0.4) is 0 Å². The zero-order valence-corrected chi connectivity index (χ0v) is 10.8. The number of amides is 1. The van der Waals surface area contributed by atoms with Crippen LogP contribution in [0, 0.1) is 0 Å². The van der Waals surface area contributed by atoms with E-state index in [9.17, 15) is 4.79 Å². The minimum absolute atomic E-state index is 0.0466. The fourth-order valence-electron chi connectivity index (χ4n) is 2.19. The van der Waals surface area contributed by atoms with Crippen molar-refractivity contribution >= 4 is 23.5 Å². The van der Waals surface area contributed by atoms with E-state index in [4.69, 9.17) is 16.7 Å². The van der Waals surface area contributed by atoms with Crippen LogP contribution >= 0.6 is 11.6 Å². The van der Waals surface area contributed by atoms with Gasteiger partial charge < -0.3 is 15.3 Å². The second-order valence-corrected chi connectivity index (χ2v) is 4.74. The summed E-state index contributed by atoms with van der Waals surface area (Å²) in [7, 11) is 0. The predicted octanol–water partition coefficient (Wildman–Crippen LogP) is 2.07. The quantitative estimate of drug-likeness (QED) is 0.860. The minimum Gasteiger partial charge on any atom is -0.465 e. The number of nitrogens with zero attached hydrogens (tertiary/aromatic N) is 3. The van der Waals surface area contributed by atoms with Gasteiger partial charge in [-0.1, -0.05) is 11.6 Å². The minimum atomic E-state index is -0.879. The Hall–Kier alpha value is -1.56. The average molecular weight is 271 g/mol. The summed E-state index contributed by atoms with van der Waals surface area (Å²) in [6, 6.07) is 3.35. The molecule has 2 atom stereocenters. The van der Waals surface area contributed by atoms with Gasteiger partial charge in [-0.05, 0) is 31.9 Å². The van der Waals surface area contributed by atoms with E-state index in [2.05, 4.69) is 15.5 Å². The van der Waals surface area contributed by atoms with Crippen molar-refractivity contribution in [2.24, 2.45) is 0 Å². The first-order valence-corrected chi connectivity index (χ1v) is 6.21. The highest BCUT2D eigenvalue weighted by Crippen LogP contribution is 2.20. The lowest BCUT2D eigenvalue weighted by Crippen LogP contribution is -2.51. The monoisotopic (exact) mass is 270 g/mol. The maximum absolute atomic E-state index is 11.1. The number of piperidine rings is 1. The van der Waals surface area contributed by atoms with E-state index in [-0.39, 0.29) is 12.1 Å². The van der Waals surface area contributed by atoms with Gasteiger partial charge in [-0.3, -0.25) is 0 Å². The Morgan fingerprint density at radius 2 is 2.33 bits per heavy atom. The lowest BCUT2D eigenvalue weighted by Gasteiger charge is -2.38. The number of rotatable bonds is 2. The molecule has 0 saturated carbocycles. The average Bonchev–Trinajstić information content (AvgIpc) is 2.34. The number of halogens is 1. The molecule has 1 amide bonds. The van der Waals surface area contributed by atoms with Gasteiger partial charge in [0, 0.05) is 12.6 Å². The van der Waals surface area contributed by atoms with E-state index in [0.717, 1.165) is 12.8 Å². The molecule has 0 aromatic carbocycles. The number of likely N-dealkylation sites (tertiary alicyclic amines) is 1. The third kappa shape index (κ3) is 2.81. The molecule has 2 heterocycles. The fourth-order valence-corrected chi connectivity index (χ4v) is 2.29. The Kier molecular flexibility index (Phi) is 3.86. The van der Waals surface area contributed by atoms with Crippen molar-refractivity contribution in [1.82, 2.24) is 15.1 Å². The number of carbonyl (C=O) groups is 1. The Labute approximate surface area is 110 Å². The van der Waals surface area contributed by atoms with E-state index >= 15 is 0 Å². The van der Waals surface area contributed by atoms with Crippen molar-refractivity contribution in [3.63, 3.8) is 0 Å². The van der Waals surface area contributed by atoms with Crippen LogP contribution < -0.4 is 5.32 Å². The van der Waals surface area contributed by atoms with Gasteiger partial charge in [-0.25, -0.2) is 4.79 Å². The highest BCUT2D eigenvalue weighted by atomic mass is 35.5. The summed E-state index contributed by atoms with van der Waals surface area (Å²) >= 11 is 5.66. The summed E-state index contributed by atoms with van der Waals surface area (Å²) in [5.74, 6) is 0.614. The number of nitrogens with one attached hydrogen (secondary N) is 1. The first kappa shape index (κ1) is 12.9. The number of hydrogen-bond acceptors (Lipinski definition) is 4. The van der Waals surface area contributed by atoms with Crippen molar-refractivity contribution in [2.75, 3.05) is 11.9 Å². The molecule has 1 aromatic rings.